The van der Waals surface area contributed by atoms with Gasteiger partial charge in [-0.05, 0) is 27.7 Å². The Kier molecular flexibility index (Phi) is 3.60. The third-order valence-electron chi connectivity index (χ3n) is 3.83. The van der Waals surface area contributed by atoms with Crippen LogP contribution >= 0.6 is 0 Å². The van der Waals surface area contributed by atoms with Gasteiger partial charge in [0.05, 0.1) is 30.1 Å². The molecule has 2 rings (SSSR count). The van der Waals surface area contributed by atoms with E-state index in [0.29, 0.717) is 0 Å². The Morgan fingerprint density at radius 3 is 2.30 bits per heavy atom. The van der Waals surface area contributed by atoms with Crippen molar-refractivity contribution in [3.05, 3.63) is 23.8 Å². The zero-order valence-electron chi connectivity index (χ0n) is 12.2. The van der Waals surface area contributed by atoms with Gasteiger partial charge in [-0.1, -0.05) is 0 Å². The lowest BCUT2D eigenvalue weighted by Gasteiger charge is -2.32. The molecule has 0 amide bonds. The lowest BCUT2D eigenvalue weighted by Crippen LogP contribution is -2.41. The van der Waals surface area contributed by atoms with Crippen LogP contribution in [0.15, 0.2) is 12.4 Å². The molecule has 1 aliphatic heterocycles. The Morgan fingerprint density at radius 1 is 1.25 bits per heavy atom. The third-order valence-corrected chi connectivity index (χ3v) is 3.83. The van der Waals surface area contributed by atoms with Gasteiger partial charge in [0, 0.05) is 11.7 Å². The highest BCUT2D eigenvalue weighted by Crippen LogP contribution is 2.36. The molecule has 5 nitrogen and oxygen atoms in total. The predicted molar refractivity (Wildman–Crippen MR) is 71.3 cm³/mol. The lowest BCUT2D eigenvalue weighted by atomic mass is 9.77. The topological polar surface area (TPSA) is 57.7 Å². The number of esters is 1. The second-order valence-electron chi connectivity index (χ2n) is 5.67. The number of rotatable bonds is 2. The van der Waals surface area contributed by atoms with E-state index < -0.39 is 30.1 Å². The Balaban J connectivity index is 2.46. The monoisotopic (exact) mass is 281 g/mol. The Bertz CT molecular complexity index is 531. The van der Waals surface area contributed by atoms with Crippen molar-refractivity contribution in [3.8, 4) is 0 Å². The fraction of sp³-hybridized carbons (Fsp3) is 0.538. The second kappa shape index (κ2) is 4.82. The number of carbonyl (C=O) groups is 1. The van der Waals surface area contributed by atoms with Crippen molar-refractivity contribution in [3.63, 3.8) is 0 Å². The number of nitrogens with zero attached hydrogens (tertiary/aromatic N) is 1. The standard InChI is InChI=1S/C13H17BFNO4/c1-12(2)13(3,4)20-14(19-12)8-6-16-7-9(15)10(8)11(17)18-5/h6-7H,1-5H3. The number of pyridine rings is 1. The summed E-state index contributed by atoms with van der Waals surface area (Å²) in [6.07, 6.45) is 2.32. The molecule has 2 heterocycles. The molecule has 7 heteroatoms. The molecule has 1 saturated heterocycles. The van der Waals surface area contributed by atoms with Crippen LogP contribution in [0.5, 0.6) is 0 Å². The molecule has 0 bridgehead atoms. The van der Waals surface area contributed by atoms with Crippen LogP contribution in [0, 0.1) is 5.82 Å². The summed E-state index contributed by atoms with van der Waals surface area (Å²) in [6, 6.07) is 0. The zero-order valence-corrected chi connectivity index (χ0v) is 12.2. The Labute approximate surface area is 117 Å². The number of ether oxygens (including phenoxy) is 1. The van der Waals surface area contributed by atoms with Crippen molar-refractivity contribution in [2.75, 3.05) is 7.11 Å². The van der Waals surface area contributed by atoms with Crippen LogP contribution in [0.3, 0.4) is 0 Å². The van der Waals surface area contributed by atoms with E-state index in [-0.39, 0.29) is 11.0 Å². The lowest BCUT2D eigenvalue weighted by molar-refractivity contribution is 0.00578. The maximum Gasteiger partial charge on any atom is 0.497 e. The van der Waals surface area contributed by atoms with Gasteiger partial charge < -0.3 is 14.0 Å². The highest BCUT2D eigenvalue weighted by molar-refractivity contribution is 6.63. The van der Waals surface area contributed by atoms with E-state index in [1.165, 1.54) is 13.3 Å². The molecule has 0 aliphatic carbocycles. The molecule has 0 atom stereocenters. The van der Waals surface area contributed by atoms with Gasteiger partial charge in [-0.15, -0.1) is 0 Å². The fourth-order valence-corrected chi connectivity index (χ4v) is 1.92. The molecule has 0 unspecified atom stereocenters. The normalized spacial score (nSPS) is 20.0. The van der Waals surface area contributed by atoms with E-state index in [1.54, 1.807) is 0 Å². The molecule has 20 heavy (non-hydrogen) atoms. The SMILES string of the molecule is COC(=O)c1c(F)cncc1B1OC(C)(C)C(C)(C)O1. The zero-order chi connectivity index (χ0) is 15.1. The van der Waals surface area contributed by atoms with Gasteiger partial charge >= 0.3 is 13.1 Å². The smallest absolute Gasteiger partial charge is 0.465 e. The first-order valence-electron chi connectivity index (χ1n) is 6.27. The molecular formula is C13H17BFNO4. The van der Waals surface area contributed by atoms with Crippen LogP contribution in [0.2, 0.25) is 0 Å². The first-order valence-corrected chi connectivity index (χ1v) is 6.27. The molecule has 0 N–H and O–H groups in total. The summed E-state index contributed by atoms with van der Waals surface area (Å²) in [5.74, 6) is -1.54. The van der Waals surface area contributed by atoms with E-state index in [9.17, 15) is 9.18 Å². The van der Waals surface area contributed by atoms with Crippen LogP contribution in [-0.2, 0) is 14.0 Å². The Morgan fingerprint density at radius 2 is 1.80 bits per heavy atom. The second-order valence-corrected chi connectivity index (χ2v) is 5.67. The van der Waals surface area contributed by atoms with Crippen molar-refractivity contribution in [1.29, 1.82) is 0 Å². The van der Waals surface area contributed by atoms with Gasteiger partial charge in [-0.3, -0.25) is 4.98 Å². The van der Waals surface area contributed by atoms with Gasteiger partial charge in [0.2, 0.25) is 0 Å². The fourth-order valence-electron chi connectivity index (χ4n) is 1.92. The molecule has 0 saturated carbocycles. The largest absolute Gasteiger partial charge is 0.497 e. The first-order chi connectivity index (χ1) is 9.19. The highest BCUT2D eigenvalue weighted by Gasteiger charge is 2.53. The summed E-state index contributed by atoms with van der Waals surface area (Å²) in [4.78, 5) is 15.5. The molecule has 1 fully saturated rings. The van der Waals surface area contributed by atoms with Gasteiger partial charge in [-0.25, -0.2) is 9.18 Å². The molecule has 0 spiro atoms. The van der Waals surface area contributed by atoms with Crippen LogP contribution in [0.25, 0.3) is 0 Å². The van der Waals surface area contributed by atoms with E-state index in [4.69, 9.17) is 9.31 Å². The third kappa shape index (κ3) is 2.31. The summed E-state index contributed by atoms with van der Waals surface area (Å²) < 4.78 is 30.1. The van der Waals surface area contributed by atoms with Crippen LogP contribution in [0.1, 0.15) is 38.1 Å². The average molecular weight is 281 g/mol. The van der Waals surface area contributed by atoms with Crippen LogP contribution in [-0.4, -0.2) is 36.4 Å². The highest BCUT2D eigenvalue weighted by atomic mass is 19.1. The maximum atomic E-state index is 13.9. The summed E-state index contributed by atoms with van der Waals surface area (Å²) in [5.41, 5.74) is -1.15. The quantitative estimate of drug-likeness (QED) is 0.604. The Hall–Kier alpha value is -1.47. The number of aromatic nitrogens is 1. The first kappa shape index (κ1) is 14.9. The number of carbonyl (C=O) groups excluding carboxylic acids is 1. The minimum atomic E-state index is -0.864. The van der Waals surface area contributed by atoms with Gasteiger partial charge in [0.25, 0.3) is 0 Å². The molecule has 1 aromatic rings. The minimum Gasteiger partial charge on any atom is -0.465 e. The number of hydrogen-bond donors (Lipinski definition) is 0. The van der Waals surface area contributed by atoms with Crippen LogP contribution < -0.4 is 5.46 Å². The van der Waals surface area contributed by atoms with E-state index in [2.05, 4.69) is 9.72 Å². The van der Waals surface area contributed by atoms with Gasteiger partial charge in [0.1, 0.15) is 0 Å². The molecule has 1 aromatic heterocycles. The van der Waals surface area contributed by atoms with E-state index >= 15 is 0 Å². The van der Waals surface area contributed by atoms with Crippen LogP contribution in [0.4, 0.5) is 4.39 Å². The molecule has 108 valence electrons. The molecular weight excluding hydrogens is 264 g/mol. The van der Waals surface area contributed by atoms with Crippen molar-refractivity contribution in [1.82, 2.24) is 4.98 Å². The van der Waals surface area contributed by atoms with E-state index in [0.717, 1.165) is 6.20 Å². The number of methoxy groups -OCH3 is 1. The summed E-state index contributed by atoms with van der Waals surface area (Å²) in [7, 11) is 0.327. The predicted octanol–water partition coefficient (Wildman–Crippen LogP) is 1.31. The van der Waals surface area contributed by atoms with Crippen molar-refractivity contribution in [2.24, 2.45) is 0 Å². The van der Waals surface area contributed by atoms with Crippen molar-refractivity contribution in [2.45, 2.75) is 38.9 Å². The minimum absolute atomic E-state index is 0.207. The summed E-state index contributed by atoms with van der Waals surface area (Å²) in [5, 5.41) is 0. The van der Waals surface area contributed by atoms with Gasteiger partial charge in [-0.2, -0.15) is 0 Å². The molecule has 1 aliphatic rings. The summed E-state index contributed by atoms with van der Waals surface area (Å²) >= 11 is 0. The van der Waals surface area contributed by atoms with Crippen molar-refractivity contribution >= 4 is 18.6 Å². The maximum absolute atomic E-state index is 13.9. The molecule has 0 radical (unpaired) electrons. The number of hydrogen-bond acceptors (Lipinski definition) is 5. The van der Waals surface area contributed by atoms with E-state index in [1.807, 2.05) is 27.7 Å². The average Bonchev–Trinajstić information content (AvgIpc) is 2.57. The summed E-state index contributed by atoms with van der Waals surface area (Å²) in [6.45, 7) is 7.49. The molecule has 0 aromatic carbocycles. The number of halogens is 1. The van der Waals surface area contributed by atoms with Gasteiger partial charge in [0.15, 0.2) is 5.82 Å². The van der Waals surface area contributed by atoms with Crippen molar-refractivity contribution < 1.29 is 23.2 Å².